The van der Waals surface area contributed by atoms with E-state index in [1.54, 1.807) is 18.3 Å². The molecule has 0 aliphatic rings. The van der Waals surface area contributed by atoms with Gasteiger partial charge in [0.2, 0.25) is 0 Å². The van der Waals surface area contributed by atoms with Crippen LogP contribution in [0.2, 0.25) is 10.0 Å². The van der Waals surface area contributed by atoms with Crippen molar-refractivity contribution in [1.29, 1.82) is 0 Å². The molecule has 8 heteroatoms. The van der Waals surface area contributed by atoms with Gasteiger partial charge in [-0.05, 0) is 65.2 Å². The SMILES string of the molecule is CC(C)(C)c1ccc(OCCOc2c(Cl)cc(/C=N\NC(=S)Nc3ccccc3)cc2Cl)cc1. The van der Waals surface area contributed by atoms with Gasteiger partial charge >= 0.3 is 0 Å². The molecule has 34 heavy (non-hydrogen) atoms. The Bertz CT molecular complexity index is 1110. The van der Waals surface area contributed by atoms with Crippen molar-refractivity contribution in [3.05, 3.63) is 87.9 Å². The van der Waals surface area contributed by atoms with Crippen LogP contribution in [0.25, 0.3) is 0 Å². The predicted molar refractivity (Wildman–Crippen MR) is 146 cm³/mol. The van der Waals surface area contributed by atoms with E-state index in [4.69, 9.17) is 44.9 Å². The zero-order valence-electron chi connectivity index (χ0n) is 19.3. The van der Waals surface area contributed by atoms with Crippen LogP contribution >= 0.6 is 35.4 Å². The Kier molecular flexibility index (Phi) is 9.16. The number of rotatable bonds is 8. The van der Waals surface area contributed by atoms with Crippen molar-refractivity contribution in [2.45, 2.75) is 26.2 Å². The Hall–Kier alpha value is -2.80. The third-order valence-corrected chi connectivity index (χ3v) is 5.51. The number of nitrogens with one attached hydrogen (secondary N) is 2. The Balaban J connectivity index is 1.48. The van der Waals surface area contributed by atoms with E-state index in [-0.39, 0.29) is 5.41 Å². The van der Waals surface area contributed by atoms with Crippen LogP contribution in [0.5, 0.6) is 11.5 Å². The molecule has 0 amide bonds. The number of halogens is 2. The highest BCUT2D eigenvalue weighted by Gasteiger charge is 2.13. The summed E-state index contributed by atoms with van der Waals surface area (Å²) in [6.45, 7) is 7.19. The number of nitrogens with zero attached hydrogens (tertiary/aromatic N) is 1. The summed E-state index contributed by atoms with van der Waals surface area (Å²) >= 11 is 18.0. The zero-order valence-corrected chi connectivity index (χ0v) is 21.6. The van der Waals surface area contributed by atoms with E-state index < -0.39 is 0 Å². The molecule has 0 aromatic heterocycles. The molecule has 0 fully saturated rings. The normalized spacial score (nSPS) is 11.3. The van der Waals surface area contributed by atoms with Crippen LogP contribution in [-0.2, 0) is 5.41 Å². The van der Waals surface area contributed by atoms with E-state index in [1.807, 2.05) is 42.5 Å². The molecule has 3 aromatic rings. The number of hydrogen-bond acceptors (Lipinski definition) is 4. The van der Waals surface area contributed by atoms with Gasteiger partial charge in [-0.15, -0.1) is 0 Å². The minimum absolute atomic E-state index is 0.104. The van der Waals surface area contributed by atoms with Gasteiger partial charge in [-0.25, -0.2) is 0 Å². The van der Waals surface area contributed by atoms with Crippen LogP contribution in [0.4, 0.5) is 5.69 Å². The lowest BCUT2D eigenvalue weighted by Gasteiger charge is -2.19. The van der Waals surface area contributed by atoms with E-state index in [1.165, 1.54) is 5.56 Å². The molecule has 3 aromatic carbocycles. The molecule has 0 bridgehead atoms. The molecule has 0 spiro atoms. The first-order valence-corrected chi connectivity index (χ1v) is 11.9. The highest BCUT2D eigenvalue weighted by Crippen LogP contribution is 2.34. The summed E-state index contributed by atoms with van der Waals surface area (Å²) in [6.07, 6.45) is 1.57. The minimum atomic E-state index is 0.104. The third kappa shape index (κ3) is 7.90. The van der Waals surface area contributed by atoms with Crippen molar-refractivity contribution in [1.82, 2.24) is 5.43 Å². The molecule has 3 rings (SSSR count). The lowest BCUT2D eigenvalue weighted by Crippen LogP contribution is -2.23. The van der Waals surface area contributed by atoms with Crippen molar-refractivity contribution in [2.75, 3.05) is 18.5 Å². The molecule has 2 N–H and O–H groups in total. The van der Waals surface area contributed by atoms with E-state index in [2.05, 4.69) is 48.7 Å². The number of hydrazone groups is 1. The molecule has 5 nitrogen and oxygen atoms in total. The average Bonchev–Trinajstić information content (AvgIpc) is 2.78. The molecule has 0 atom stereocenters. The maximum Gasteiger partial charge on any atom is 0.191 e. The van der Waals surface area contributed by atoms with Gasteiger partial charge in [0.1, 0.15) is 19.0 Å². The van der Waals surface area contributed by atoms with Crippen molar-refractivity contribution >= 4 is 52.4 Å². The highest BCUT2D eigenvalue weighted by molar-refractivity contribution is 7.80. The van der Waals surface area contributed by atoms with Crippen molar-refractivity contribution in [3.8, 4) is 11.5 Å². The van der Waals surface area contributed by atoms with Crippen LogP contribution in [0, 0.1) is 0 Å². The molecule has 0 unspecified atom stereocenters. The molecule has 0 radical (unpaired) electrons. The van der Waals surface area contributed by atoms with Gasteiger partial charge in [0.05, 0.1) is 16.3 Å². The summed E-state index contributed by atoms with van der Waals surface area (Å²) in [5.41, 5.74) is 5.69. The Labute approximate surface area is 216 Å². The van der Waals surface area contributed by atoms with Crippen molar-refractivity contribution in [3.63, 3.8) is 0 Å². The average molecular weight is 516 g/mol. The highest BCUT2D eigenvalue weighted by atomic mass is 35.5. The Morgan fingerprint density at radius 1 is 0.941 bits per heavy atom. The number of benzene rings is 3. The lowest BCUT2D eigenvalue weighted by molar-refractivity contribution is 0.217. The molecule has 0 saturated heterocycles. The molecule has 0 aliphatic carbocycles. The summed E-state index contributed by atoms with van der Waals surface area (Å²) in [7, 11) is 0. The van der Waals surface area contributed by atoms with Gasteiger partial charge < -0.3 is 14.8 Å². The second-order valence-corrected chi connectivity index (χ2v) is 9.70. The maximum atomic E-state index is 6.37. The van der Waals surface area contributed by atoms with Gasteiger partial charge in [0.15, 0.2) is 10.9 Å². The zero-order chi connectivity index (χ0) is 24.6. The largest absolute Gasteiger partial charge is 0.490 e. The number of anilines is 1. The summed E-state index contributed by atoms with van der Waals surface area (Å²) < 4.78 is 11.5. The van der Waals surface area contributed by atoms with Crippen molar-refractivity contribution < 1.29 is 9.47 Å². The fraction of sp³-hybridized carbons (Fsp3) is 0.231. The Morgan fingerprint density at radius 2 is 1.56 bits per heavy atom. The number of thiocarbonyl (C=S) groups is 1. The minimum Gasteiger partial charge on any atom is -0.490 e. The topological polar surface area (TPSA) is 54.9 Å². The summed E-state index contributed by atoms with van der Waals surface area (Å²) in [6, 6.07) is 21.1. The molecule has 178 valence electrons. The lowest BCUT2D eigenvalue weighted by atomic mass is 9.87. The van der Waals surface area contributed by atoms with E-state index in [0.29, 0.717) is 39.7 Å². The fourth-order valence-electron chi connectivity index (χ4n) is 2.99. The molecule has 0 saturated carbocycles. The van der Waals surface area contributed by atoms with Crippen LogP contribution in [0.3, 0.4) is 0 Å². The first-order chi connectivity index (χ1) is 16.2. The van der Waals surface area contributed by atoms with Gasteiger partial charge in [-0.3, -0.25) is 5.43 Å². The predicted octanol–water partition coefficient (Wildman–Crippen LogP) is 7.07. The van der Waals surface area contributed by atoms with E-state index in [9.17, 15) is 0 Å². The first kappa shape index (κ1) is 25.8. The fourth-order valence-corrected chi connectivity index (χ4v) is 3.78. The van der Waals surface area contributed by atoms with Crippen LogP contribution in [-0.4, -0.2) is 24.5 Å². The quantitative estimate of drug-likeness (QED) is 0.145. The number of ether oxygens (including phenoxy) is 2. The van der Waals surface area contributed by atoms with Crippen LogP contribution < -0.4 is 20.2 Å². The number of hydrogen-bond donors (Lipinski definition) is 2. The molecule has 0 heterocycles. The van der Waals surface area contributed by atoms with Gasteiger partial charge in [0, 0.05) is 5.69 Å². The first-order valence-electron chi connectivity index (χ1n) is 10.7. The third-order valence-electron chi connectivity index (χ3n) is 4.75. The molecular weight excluding hydrogens is 489 g/mol. The summed E-state index contributed by atoms with van der Waals surface area (Å²) in [5.74, 6) is 1.19. The van der Waals surface area contributed by atoms with E-state index >= 15 is 0 Å². The van der Waals surface area contributed by atoms with Crippen LogP contribution in [0.15, 0.2) is 71.8 Å². The Morgan fingerprint density at radius 3 is 2.18 bits per heavy atom. The number of para-hydroxylation sites is 1. The molecular formula is C26H27Cl2N3O2S. The van der Waals surface area contributed by atoms with Crippen molar-refractivity contribution in [2.24, 2.45) is 5.10 Å². The second kappa shape index (κ2) is 12.1. The summed E-state index contributed by atoms with van der Waals surface area (Å²) in [4.78, 5) is 0. The maximum absolute atomic E-state index is 6.37. The van der Waals surface area contributed by atoms with Crippen LogP contribution in [0.1, 0.15) is 31.9 Å². The van der Waals surface area contributed by atoms with Gasteiger partial charge in [0.25, 0.3) is 0 Å². The molecule has 0 aliphatic heterocycles. The standard InChI is InChI=1S/C26H27Cl2N3O2S/c1-26(2,3)19-9-11-21(12-10-19)32-13-14-33-24-22(27)15-18(16-23(24)28)17-29-31-25(34)30-20-7-5-4-6-8-20/h4-12,15-17H,13-14H2,1-3H3,(H2,30,31,34)/b29-17-. The van der Waals surface area contributed by atoms with Gasteiger partial charge in [-0.2, -0.15) is 5.10 Å². The van der Waals surface area contributed by atoms with E-state index in [0.717, 1.165) is 11.4 Å². The monoisotopic (exact) mass is 515 g/mol. The summed E-state index contributed by atoms with van der Waals surface area (Å²) in [5, 5.41) is 8.29. The van der Waals surface area contributed by atoms with Gasteiger partial charge in [-0.1, -0.05) is 74.3 Å². The second-order valence-electron chi connectivity index (χ2n) is 8.48. The smallest absolute Gasteiger partial charge is 0.191 e.